The highest BCUT2D eigenvalue weighted by atomic mass is 28.4. The molecular formula is C20H30F3NO3Si. The van der Waals surface area contributed by atoms with E-state index in [4.69, 9.17) is 4.43 Å². The van der Waals surface area contributed by atoms with Crippen LogP contribution in [0.3, 0.4) is 0 Å². The molecule has 1 aliphatic rings. The maximum atomic E-state index is 13.0. The van der Waals surface area contributed by atoms with Crippen molar-refractivity contribution in [3.05, 3.63) is 35.4 Å². The van der Waals surface area contributed by atoms with Crippen LogP contribution in [0.25, 0.3) is 0 Å². The van der Waals surface area contributed by atoms with Gasteiger partial charge in [-0.15, -0.1) is 0 Å². The number of amides is 1. The van der Waals surface area contributed by atoms with Gasteiger partial charge < -0.3 is 14.8 Å². The van der Waals surface area contributed by atoms with Crippen molar-refractivity contribution in [3.8, 4) is 0 Å². The molecule has 2 rings (SSSR count). The lowest BCUT2D eigenvalue weighted by molar-refractivity contribution is -0.137. The first-order valence-electron chi connectivity index (χ1n) is 9.55. The Balaban J connectivity index is 2.21. The normalized spacial score (nSPS) is 24.1. The van der Waals surface area contributed by atoms with Crippen LogP contribution in [0, 0.1) is 0 Å². The summed E-state index contributed by atoms with van der Waals surface area (Å²) >= 11 is 0. The zero-order valence-corrected chi connectivity index (χ0v) is 18.1. The minimum Gasteiger partial charge on any atom is -0.465 e. The summed E-state index contributed by atoms with van der Waals surface area (Å²) in [7, 11) is -2.10. The lowest BCUT2D eigenvalue weighted by Crippen LogP contribution is -2.53. The molecule has 0 spiro atoms. The molecule has 1 fully saturated rings. The van der Waals surface area contributed by atoms with Gasteiger partial charge in [-0.25, -0.2) is 4.79 Å². The molecule has 0 aliphatic heterocycles. The van der Waals surface area contributed by atoms with Crippen molar-refractivity contribution < 1.29 is 27.5 Å². The molecule has 28 heavy (non-hydrogen) atoms. The zero-order chi connectivity index (χ0) is 21.3. The maximum Gasteiger partial charge on any atom is 0.416 e. The summed E-state index contributed by atoms with van der Waals surface area (Å²) in [5.41, 5.74) is -0.0785. The molecule has 0 heterocycles. The number of carboxylic acid groups (broad SMARTS) is 1. The predicted octanol–water partition coefficient (Wildman–Crippen LogP) is 6.00. The third kappa shape index (κ3) is 5.50. The predicted molar refractivity (Wildman–Crippen MR) is 105 cm³/mol. The van der Waals surface area contributed by atoms with E-state index >= 15 is 0 Å². The molecule has 0 saturated heterocycles. The number of nitrogens with one attached hydrogen (secondary N) is 1. The van der Waals surface area contributed by atoms with E-state index in [1.54, 1.807) is 6.07 Å². The summed E-state index contributed by atoms with van der Waals surface area (Å²) in [4.78, 5) is 11.3. The lowest BCUT2D eigenvalue weighted by atomic mass is 9.79. The van der Waals surface area contributed by atoms with Crippen LogP contribution in [0.5, 0.6) is 0 Å². The molecule has 8 heteroatoms. The first kappa shape index (κ1) is 22.7. The monoisotopic (exact) mass is 417 g/mol. The Morgan fingerprint density at radius 1 is 1.21 bits per heavy atom. The summed E-state index contributed by atoms with van der Waals surface area (Å²) in [5.74, 6) is -0.140. The number of hydrogen-bond acceptors (Lipinski definition) is 2. The molecule has 0 unspecified atom stereocenters. The van der Waals surface area contributed by atoms with Crippen LogP contribution in [0.15, 0.2) is 24.3 Å². The van der Waals surface area contributed by atoms with Gasteiger partial charge in [-0.05, 0) is 54.9 Å². The second kappa shape index (κ2) is 8.06. The van der Waals surface area contributed by atoms with Crippen LogP contribution in [-0.2, 0) is 10.6 Å². The molecule has 158 valence electrons. The van der Waals surface area contributed by atoms with E-state index in [1.807, 2.05) is 0 Å². The Bertz CT molecular complexity index is 701. The van der Waals surface area contributed by atoms with Crippen molar-refractivity contribution in [2.45, 2.75) is 82.4 Å². The highest BCUT2D eigenvalue weighted by molar-refractivity contribution is 6.74. The van der Waals surface area contributed by atoms with Crippen molar-refractivity contribution in [1.29, 1.82) is 0 Å². The van der Waals surface area contributed by atoms with E-state index in [-0.39, 0.29) is 17.1 Å². The smallest absolute Gasteiger partial charge is 0.416 e. The first-order chi connectivity index (χ1) is 12.7. The van der Waals surface area contributed by atoms with Gasteiger partial charge in [0.15, 0.2) is 8.32 Å². The molecule has 1 aromatic rings. The number of alkyl halides is 3. The van der Waals surface area contributed by atoms with E-state index in [9.17, 15) is 23.1 Å². The molecule has 1 aromatic carbocycles. The Hall–Kier alpha value is -1.54. The van der Waals surface area contributed by atoms with Crippen LogP contribution in [0.2, 0.25) is 18.1 Å². The molecule has 4 nitrogen and oxygen atoms in total. The molecule has 0 radical (unpaired) electrons. The maximum absolute atomic E-state index is 13.0. The topological polar surface area (TPSA) is 58.6 Å². The standard InChI is InChI=1S/C20H30F3NO3Si/c1-19(2,3)28(4,5)27-17-10-9-14(12-16(17)24-18(25)26)13-7-6-8-15(11-13)20(21,22)23/h6-8,11,14,16-17,24H,9-10,12H2,1-5H3,(H,25,26)/t14-,16-,17-/m0/s1. The molecule has 1 saturated carbocycles. The Labute approximate surface area is 165 Å². The van der Waals surface area contributed by atoms with Gasteiger partial charge in [0.25, 0.3) is 0 Å². The molecule has 3 atom stereocenters. The van der Waals surface area contributed by atoms with Crippen molar-refractivity contribution in [2.24, 2.45) is 0 Å². The number of rotatable bonds is 4. The fourth-order valence-corrected chi connectivity index (χ4v) is 4.81. The summed E-state index contributed by atoms with van der Waals surface area (Å²) in [6.45, 7) is 10.6. The zero-order valence-electron chi connectivity index (χ0n) is 17.1. The fourth-order valence-electron chi connectivity index (χ4n) is 3.42. The first-order valence-corrected chi connectivity index (χ1v) is 12.5. The Kier molecular flexibility index (Phi) is 6.55. The minimum absolute atomic E-state index is 0.0152. The fraction of sp³-hybridized carbons (Fsp3) is 0.650. The van der Waals surface area contributed by atoms with Gasteiger partial charge in [0.2, 0.25) is 0 Å². The van der Waals surface area contributed by atoms with Crippen LogP contribution < -0.4 is 5.32 Å². The summed E-state index contributed by atoms with van der Waals surface area (Å²) in [6.07, 6.45) is -4.10. The van der Waals surface area contributed by atoms with Gasteiger partial charge in [-0.1, -0.05) is 39.0 Å². The number of hydrogen-bond donors (Lipinski definition) is 2. The molecule has 1 aliphatic carbocycles. The largest absolute Gasteiger partial charge is 0.465 e. The summed E-state index contributed by atoms with van der Waals surface area (Å²) in [5, 5.41) is 11.8. The second-order valence-electron chi connectivity index (χ2n) is 9.11. The third-order valence-corrected chi connectivity index (χ3v) is 10.5. The van der Waals surface area contributed by atoms with E-state index in [2.05, 4.69) is 39.2 Å². The van der Waals surface area contributed by atoms with E-state index in [1.165, 1.54) is 12.1 Å². The van der Waals surface area contributed by atoms with Crippen LogP contribution in [0.1, 0.15) is 57.1 Å². The Morgan fingerprint density at radius 2 is 1.86 bits per heavy atom. The van der Waals surface area contributed by atoms with Gasteiger partial charge >= 0.3 is 12.3 Å². The minimum atomic E-state index is -4.39. The molecular weight excluding hydrogens is 387 g/mol. The summed E-state index contributed by atoms with van der Waals surface area (Å²) < 4.78 is 45.6. The van der Waals surface area contributed by atoms with Crippen molar-refractivity contribution in [1.82, 2.24) is 5.32 Å². The van der Waals surface area contributed by atoms with Gasteiger partial charge in [0.1, 0.15) is 0 Å². The van der Waals surface area contributed by atoms with Crippen LogP contribution in [0.4, 0.5) is 18.0 Å². The summed E-state index contributed by atoms with van der Waals surface area (Å²) in [6, 6.07) is 4.89. The highest BCUT2D eigenvalue weighted by Crippen LogP contribution is 2.42. The molecule has 0 bridgehead atoms. The highest BCUT2D eigenvalue weighted by Gasteiger charge is 2.43. The number of benzene rings is 1. The van der Waals surface area contributed by atoms with Gasteiger partial charge in [0, 0.05) is 0 Å². The number of carbonyl (C=O) groups is 1. The Morgan fingerprint density at radius 3 is 2.39 bits per heavy atom. The van der Waals surface area contributed by atoms with Gasteiger partial charge in [0.05, 0.1) is 17.7 Å². The van der Waals surface area contributed by atoms with E-state index < -0.39 is 32.2 Å². The number of halogens is 3. The SMILES string of the molecule is CC(C)(C)[Si](C)(C)O[C@H]1CC[C@H](c2cccc(C(F)(F)F)c2)C[C@@H]1NC(=O)O. The second-order valence-corrected chi connectivity index (χ2v) is 13.9. The molecule has 2 N–H and O–H groups in total. The average Bonchev–Trinajstić information content (AvgIpc) is 2.54. The van der Waals surface area contributed by atoms with E-state index in [0.29, 0.717) is 24.8 Å². The quantitative estimate of drug-likeness (QED) is 0.591. The van der Waals surface area contributed by atoms with Crippen LogP contribution in [-0.4, -0.2) is 31.7 Å². The molecule has 1 amide bonds. The van der Waals surface area contributed by atoms with Crippen molar-refractivity contribution in [2.75, 3.05) is 0 Å². The van der Waals surface area contributed by atoms with E-state index in [0.717, 1.165) is 6.07 Å². The van der Waals surface area contributed by atoms with Gasteiger partial charge in [-0.3, -0.25) is 0 Å². The molecule has 0 aromatic heterocycles. The lowest BCUT2D eigenvalue weighted by Gasteiger charge is -2.44. The van der Waals surface area contributed by atoms with Crippen molar-refractivity contribution >= 4 is 14.4 Å². The third-order valence-electron chi connectivity index (χ3n) is 6.03. The van der Waals surface area contributed by atoms with Gasteiger partial charge in [-0.2, -0.15) is 13.2 Å². The average molecular weight is 418 g/mol. The van der Waals surface area contributed by atoms with Crippen LogP contribution >= 0.6 is 0 Å². The van der Waals surface area contributed by atoms with Crippen molar-refractivity contribution in [3.63, 3.8) is 0 Å².